The number of aliphatic hydroxyl groups excluding tert-OH is 1. The maximum absolute atomic E-state index is 11.6. The predicted molar refractivity (Wildman–Crippen MR) is 64.3 cm³/mol. The normalized spacial score (nSPS) is 14.7. The van der Waals surface area contributed by atoms with Gasteiger partial charge in [-0.15, -0.1) is 0 Å². The van der Waals surface area contributed by atoms with Crippen LogP contribution in [0, 0.1) is 5.92 Å². The molecule has 0 aliphatic carbocycles. The molecule has 0 saturated heterocycles. The van der Waals surface area contributed by atoms with E-state index in [0.29, 0.717) is 6.21 Å². The number of carbonyl (C=O) groups excluding carboxylic acids is 2. The molecular weight excluding hydrogens is 254 g/mol. The minimum absolute atomic E-state index is 0.127. The molecule has 0 aromatic rings. The van der Waals surface area contributed by atoms with Crippen molar-refractivity contribution >= 4 is 23.9 Å². The van der Waals surface area contributed by atoms with Gasteiger partial charge in [0.2, 0.25) is 11.7 Å². The second-order valence-corrected chi connectivity index (χ2v) is 4.18. The number of amides is 1. The van der Waals surface area contributed by atoms with Crippen LogP contribution < -0.4 is 5.32 Å². The molecule has 0 heterocycles. The van der Waals surface area contributed by atoms with Gasteiger partial charge in [0.1, 0.15) is 6.04 Å². The third-order valence-corrected chi connectivity index (χ3v) is 2.63. The highest BCUT2D eigenvalue weighted by molar-refractivity contribution is 6.25. The van der Waals surface area contributed by atoms with Gasteiger partial charge in [-0.3, -0.25) is 9.59 Å². The van der Waals surface area contributed by atoms with Crippen molar-refractivity contribution in [3.05, 3.63) is 5.53 Å². The van der Waals surface area contributed by atoms with Crippen LogP contribution in [0.3, 0.4) is 0 Å². The second kappa shape index (κ2) is 8.12. The Morgan fingerprint density at radius 3 is 2.37 bits per heavy atom. The summed E-state index contributed by atoms with van der Waals surface area (Å²) < 4.78 is 0. The van der Waals surface area contributed by atoms with E-state index in [9.17, 15) is 19.5 Å². The first kappa shape index (κ1) is 16.9. The zero-order chi connectivity index (χ0) is 15.0. The van der Waals surface area contributed by atoms with Crippen molar-refractivity contribution in [1.29, 1.82) is 0 Å². The lowest BCUT2D eigenvalue weighted by atomic mass is 10.0. The largest absolute Gasteiger partial charge is 0.480 e. The zero-order valence-electron chi connectivity index (χ0n) is 10.7. The Morgan fingerprint density at radius 2 is 1.95 bits per heavy atom. The molecule has 106 valence electrons. The molecule has 1 unspecified atom stereocenters. The molecule has 8 heteroatoms. The van der Waals surface area contributed by atoms with Crippen LogP contribution in [-0.4, -0.2) is 51.0 Å². The van der Waals surface area contributed by atoms with Crippen LogP contribution in [0.4, 0.5) is 0 Å². The van der Waals surface area contributed by atoms with E-state index >= 15 is 0 Å². The molecule has 0 aromatic carbocycles. The summed E-state index contributed by atoms with van der Waals surface area (Å²) in [7, 11) is 0. The monoisotopic (exact) mass is 271 g/mol. The molecule has 0 spiro atoms. The Kier molecular flexibility index (Phi) is 7.25. The smallest absolute Gasteiger partial charge is 0.326 e. The fourth-order valence-corrected chi connectivity index (χ4v) is 1.20. The molecule has 0 rings (SSSR count). The summed E-state index contributed by atoms with van der Waals surface area (Å²) in [5.41, 5.74) is 8.13. The first-order valence-corrected chi connectivity index (χ1v) is 5.71. The molecule has 0 aliphatic rings. The standard InChI is InChI=1S/C11H17N3O5/c1-6(7(2)15)10(17)14-9(11(18)19)4-3-8(16)5-13-12/h5-7,9,15H,3-4H2,1-2H3,(H,14,17)(H,18,19)/t6-,7-,9?/m0/s1. The van der Waals surface area contributed by atoms with Crippen molar-refractivity contribution in [2.24, 2.45) is 5.92 Å². The number of nitrogens with zero attached hydrogens (tertiary/aromatic N) is 2. The van der Waals surface area contributed by atoms with Gasteiger partial charge in [-0.2, -0.15) is 4.79 Å². The highest BCUT2D eigenvalue weighted by Gasteiger charge is 2.25. The third-order valence-electron chi connectivity index (χ3n) is 2.63. The van der Waals surface area contributed by atoms with Gasteiger partial charge in [0.15, 0.2) is 0 Å². The first-order chi connectivity index (χ1) is 8.79. The maximum atomic E-state index is 11.6. The maximum Gasteiger partial charge on any atom is 0.326 e. The van der Waals surface area contributed by atoms with Crippen LogP contribution in [0.15, 0.2) is 0 Å². The fourth-order valence-electron chi connectivity index (χ4n) is 1.20. The number of hydrogen-bond donors (Lipinski definition) is 3. The number of carbonyl (C=O) groups is 3. The molecule has 1 amide bonds. The van der Waals surface area contributed by atoms with E-state index in [-0.39, 0.29) is 12.8 Å². The average molecular weight is 271 g/mol. The van der Waals surface area contributed by atoms with Gasteiger partial charge < -0.3 is 21.1 Å². The van der Waals surface area contributed by atoms with Gasteiger partial charge in [0.25, 0.3) is 0 Å². The number of nitrogens with one attached hydrogen (secondary N) is 1. The van der Waals surface area contributed by atoms with E-state index < -0.39 is 35.7 Å². The van der Waals surface area contributed by atoms with E-state index in [1.54, 1.807) is 0 Å². The molecule has 0 saturated carbocycles. The average Bonchev–Trinajstić information content (AvgIpc) is 2.32. The molecule has 3 atom stereocenters. The van der Waals surface area contributed by atoms with Crippen molar-refractivity contribution in [2.75, 3.05) is 0 Å². The summed E-state index contributed by atoms with van der Waals surface area (Å²) in [6.45, 7) is 2.88. The fraction of sp³-hybridized carbons (Fsp3) is 0.636. The number of aliphatic hydroxyl groups is 1. The van der Waals surface area contributed by atoms with Crippen molar-refractivity contribution in [3.8, 4) is 0 Å². The molecule has 19 heavy (non-hydrogen) atoms. The van der Waals surface area contributed by atoms with E-state index in [0.717, 1.165) is 0 Å². The molecule has 8 nitrogen and oxygen atoms in total. The quantitative estimate of drug-likeness (QED) is 0.302. The second-order valence-electron chi connectivity index (χ2n) is 4.18. The lowest BCUT2D eigenvalue weighted by Gasteiger charge is -2.18. The summed E-state index contributed by atoms with van der Waals surface area (Å²) in [6, 6.07) is -1.23. The molecule has 3 N–H and O–H groups in total. The van der Waals surface area contributed by atoms with Gasteiger partial charge in [-0.05, 0) is 13.3 Å². The van der Waals surface area contributed by atoms with Crippen LogP contribution in [0.5, 0.6) is 0 Å². The Hall–Kier alpha value is -2.05. The number of aliphatic carboxylic acids is 1. The van der Waals surface area contributed by atoms with Gasteiger partial charge in [0.05, 0.1) is 12.0 Å². The Morgan fingerprint density at radius 1 is 1.37 bits per heavy atom. The Bertz CT molecular complexity index is 401. The summed E-state index contributed by atoms with van der Waals surface area (Å²) in [4.78, 5) is 36.1. The summed E-state index contributed by atoms with van der Waals surface area (Å²) in [5.74, 6) is -3.19. The van der Waals surface area contributed by atoms with Gasteiger partial charge in [-0.1, -0.05) is 6.92 Å². The van der Waals surface area contributed by atoms with Crippen molar-refractivity contribution in [3.63, 3.8) is 0 Å². The summed E-state index contributed by atoms with van der Waals surface area (Å²) in [5, 5.41) is 20.4. The topological polar surface area (TPSA) is 140 Å². The highest BCUT2D eigenvalue weighted by atomic mass is 16.4. The molecule has 0 aliphatic heterocycles. The van der Waals surface area contributed by atoms with Crippen LogP contribution in [0.25, 0.3) is 5.53 Å². The Labute approximate surface area is 110 Å². The number of ketones is 1. The highest BCUT2D eigenvalue weighted by Crippen LogP contribution is 2.05. The van der Waals surface area contributed by atoms with Crippen molar-refractivity contribution < 1.29 is 29.4 Å². The van der Waals surface area contributed by atoms with Crippen LogP contribution in [-0.2, 0) is 14.4 Å². The van der Waals surface area contributed by atoms with Gasteiger partial charge >= 0.3 is 12.2 Å². The van der Waals surface area contributed by atoms with Gasteiger partial charge in [0, 0.05) is 6.42 Å². The lowest BCUT2D eigenvalue weighted by Crippen LogP contribution is -2.45. The number of rotatable bonds is 8. The SMILES string of the molecule is C[C@H](O)[C@H](C)C(=O)NC(CCC(=O)C=[N+]=[N-])C(=O)O. The van der Waals surface area contributed by atoms with E-state index in [1.165, 1.54) is 13.8 Å². The molecular formula is C11H17N3O5. The van der Waals surface area contributed by atoms with Gasteiger partial charge in [-0.25, -0.2) is 4.79 Å². The van der Waals surface area contributed by atoms with E-state index in [4.69, 9.17) is 10.6 Å². The van der Waals surface area contributed by atoms with Crippen molar-refractivity contribution in [1.82, 2.24) is 5.32 Å². The Balaban J connectivity index is 4.50. The van der Waals surface area contributed by atoms with Crippen LogP contribution in [0.1, 0.15) is 26.7 Å². The number of carboxylic acid groups (broad SMARTS) is 1. The summed E-state index contributed by atoms with van der Waals surface area (Å²) in [6.07, 6.45) is -0.542. The molecule has 0 aromatic heterocycles. The zero-order valence-corrected chi connectivity index (χ0v) is 10.7. The third kappa shape index (κ3) is 6.44. The molecule has 0 radical (unpaired) electrons. The number of carboxylic acids is 1. The molecule has 0 bridgehead atoms. The number of hydrogen-bond acceptors (Lipinski definition) is 4. The van der Waals surface area contributed by atoms with E-state index in [2.05, 4.69) is 10.1 Å². The van der Waals surface area contributed by atoms with Crippen LogP contribution >= 0.6 is 0 Å². The minimum atomic E-state index is -1.28. The lowest BCUT2D eigenvalue weighted by molar-refractivity contribution is -0.143. The predicted octanol–water partition coefficient (Wildman–Crippen LogP) is -0.777. The number of Topliss-reactive ketones (excluding diaryl/α,β-unsaturated/α-hetero) is 1. The first-order valence-electron chi connectivity index (χ1n) is 5.71. The van der Waals surface area contributed by atoms with Crippen molar-refractivity contribution in [2.45, 2.75) is 38.8 Å². The minimum Gasteiger partial charge on any atom is -0.480 e. The summed E-state index contributed by atoms with van der Waals surface area (Å²) >= 11 is 0. The van der Waals surface area contributed by atoms with E-state index in [1.807, 2.05) is 0 Å². The molecule has 0 fully saturated rings. The van der Waals surface area contributed by atoms with Crippen LogP contribution in [0.2, 0.25) is 0 Å².